The fraction of sp³-hybridized carbons (Fsp3) is 0.385. The van der Waals surface area contributed by atoms with Crippen LogP contribution in [-0.4, -0.2) is 53.4 Å². The Balaban J connectivity index is 1.86. The lowest BCUT2D eigenvalue weighted by atomic mass is 10.2. The normalized spacial score (nSPS) is 15.6. The van der Waals surface area contributed by atoms with E-state index in [1.165, 1.54) is 23.7 Å². The van der Waals surface area contributed by atoms with E-state index < -0.39 is 5.91 Å². The molecule has 0 bridgehead atoms. The van der Waals surface area contributed by atoms with Crippen molar-refractivity contribution in [3.8, 4) is 0 Å². The van der Waals surface area contributed by atoms with Crippen LogP contribution < -0.4 is 16.4 Å². The van der Waals surface area contributed by atoms with Crippen molar-refractivity contribution in [1.82, 2.24) is 20.2 Å². The van der Waals surface area contributed by atoms with Crippen molar-refractivity contribution in [3.63, 3.8) is 0 Å². The average Bonchev–Trinajstić information content (AvgIpc) is 3.35. The Hall–Kier alpha value is -3.66. The van der Waals surface area contributed by atoms with Crippen LogP contribution >= 0.6 is 11.3 Å². The summed E-state index contributed by atoms with van der Waals surface area (Å²) in [6.45, 7) is 7.94. The Morgan fingerprint density at radius 1 is 1.28 bits per heavy atom. The van der Waals surface area contributed by atoms with Crippen LogP contribution in [0, 0.1) is 6.92 Å². The molecule has 4 N–H and O–H groups in total. The standard InChI is InChI=1S/C26H34N6O3S/c1-5-7-9-19(26-32(4)11-8-12-35-26)22-16-30-25(36-22)20(14-27)24(34)31-21-13-18(15-29-17(21)3)23(33)28-10-6-2/h7,9,13-16H,5-6,8,10-12,27H2,1-4H3,(H,28,33)(H,31,34)/b9-7+,20-14-,26-19-. The third-order valence-corrected chi connectivity index (χ3v) is 6.58. The summed E-state index contributed by atoms with van der Waals surface area (Å²) in [6.07, 6.45) is 11.2. The van der Waals surface area contributed by atoms with E-state index in [-0.39, 0.29) is 11.5 Å². The zero-order valence-electron chi connectivity index (χ0n) is 21.3. The Morgan fingerprint density at radius 2 is 2.08 bits per heavy atom. The van der Waals surface area contributed by atoms with Crippen LogP contribution in [0.5, 0.6) is 0 Å². The van der Waals surface area contributed by atoms with Crippen molar-refractivity contribution in [1.29, 1.82) is 0 Å². The Kier molecular flexibility index (Phi) is 9.63. The predicted molar refractivity (Wildman–Crippen MR) is 144 cm³/mol. The molecule has 2 amide bonds. The first-order valence-corrected chi connectivity index (χ1v) is 12.9. The molecule has 36 heavy (non-hydrogen) atoms. The maximum absolute atomic E-state index is 13.2. The zero-order chi connectivity index (χ0) is 26.1. The summed E-state index contributed by atoms with van der Waals surface area (Å²) in [6, 6.07) is 1.61. The number of aryl methyl sites for hydroxylation is 1. The van der Waals surface area contributed by atoms with Crippen LogP contribution in [0.15, 0.2) is 42.7 Å². The molecule has 192 valence electrons. The Labute approximate surface area is 216 Å². The number of pyridine rings is 1. The molecule has 10 heteroatoms. The highest BCUT2D eigenvalue weighted by molar-refractivity contribution is 7.14. The molecule has 2 aromatic rings. The summed E-state index contributed by atoms with van der Waals surface area (Å²) in [7, 11) is 2.00. The van der Waals surface area contributed by atoms with Crippen LogP contribution in [0.25, 0.3) is 11.1 Å². The molecule has 1 saturated heterocycles. The number of carbonyl (C=O) groups is 2. The second-order valence-corrected chi connectivity index (χ2v) is 9.36. The number of thiazole rings is 1. The highest BCUT2D eigenvalue weighted by atomic mass is 32.1. The predicted octanol–water partition coefficient (Wildman–Crippen LogP) is 3.91. The minimum atomic E-state index is -0.432. The molecule has 0 radical (unpaired) electrons. The number of allylic oxidation sites excluding steroid dienone is 3. The lowest BCUT2D eigenvalue weighted by Crippen LogP contribution is -2.28. The Bertz CT molecular complexity index is 1180. The van der Waals surface area contributed by atoms with Crippen molar-refractivity contribution >= 4 is 40.0 Å². The number of aromatic nitrogens is 2. The fourth-order valence-electron chi connectivity index (χ4n) is 3.54. The van der Waals surface area contributed by atoms with Crippen LogP contribution in [0.2, 0.25) is 0 Å². The summed E-state index contributed by atoms with van der Waals surface area (Å²) in [5.74, 6) is 0.122. The number of amides is 2. The van der Waals surface area contributed by atoms with E-state index in [1.54, 1.807) is 19.2 Å². The maximum Gasteiger partial charge on any atom is 0.260 e. The average molecular weight is 511 g/mol. The van der Waals surface area contributed by atoms with Crippen molar-refractivity contribution in [3.05, 3.63) is 63.8 Å². The van der Waals surface area contributed by atoms with Crippen molar-refractivity contribution in [2.75, 3.05) is 32.1 Å². The van der Waals surface area contributed by atoms with Crippen LogP contribution in [0.1, 0.15) is 59.0 Å². The Morgan fingerprint density at radius 3 is 2.78 bits per heavy atom. The lowest BCUT2D eigenvalue weighted by molar-refractivity contribution is -0.111. The molecule has 0 saturated carbocycles. The van der Waals surface area contributed by atoms with Gasteiger partial charge in [0.2, 0.25) is 0 Å². The number of nitrogens with one attached hydrogen (secondary N) is 2. The molecule has 3 heterocycles. The van der Waals surface area contributed by atoms with Crippen LogP contribution in [0.3, 0.4) is 0 Å². The van der Waals surface area contributed by atoms with Gasteiger partial charge in [0, 0.05) is 38.7 Å². The zero-order valence-corrected chi connectivity index (χ0v) is 22.1. The summed E-state index contributed by atoms with van der Waals surface area (Å²) in [5.41, 5.74) is 8.41. The molecule has 2 aromatic heterocycles. The van der Waals surface area contributed by atoms with Crippen LogP contribution in [0.4, 0.5) is 5.69 Å². The lowest BCUT2D eigenvalue weighted by Gasteiger charge is -2.29. The van der Waals surface area contributed by atoms with E-state index in [0.717, 1.165) is 42.1 Å². The summed E-state index contributed by atoms with van der Waals surface area (Å²) < 4.78 is 5.97. The van der Waals surface area contributed by atoms with Gasteiger partial charge in [-0.15, -0.1) is 11.3 Å². The molecule has 0 unspecified atom stereocenters. The quantitative estimate of drug-likeness (QED) is 0.437. The molecule has 1 aliphatic heterocycles. The van der Waals surface area contributed by atoms with Crippen molar-refractivity contribution < 1.29 is 14.3 Å². The first-order valence-electron chi connectivity index (χ1n) is 12.1. The molecular formula is C26H34N6O3S. The number of carbonyl (C=O) groups excluding carboxylic acids is 2. The van der Waals surface area contributed by atoms with Crippen molar-refractivity contribution in [2.45, 2.75) is 40.0 Å². The molecule has 0 aliphatic carbocycles. The summed E-state index contributed by atoms with van der Waals surface area (Å²) >= 11 is 1.36. The summed E-state index contributed by atoms with van der Waals surface area (Å²) in [5, 5.41) is 6.12. The van der Waals surface area contributed by atoms with E-state index in [0.29, 0.717) is 35.1 Å². The minimum Gasteiger partial charge on any atom is -0.479 e. The van der Waals surface area contributed by atoms with Gasteiger partial charge in [-0.1, -0.05) is 26.0 Å². The second-order valence-electron chi connectivity index (χ2n) is 8.33. The topological polar surface area (TPSA) is 122 Å². The molecule has 1 fully saturated rings. The van der Waals surface area contributed by atoms with Gasteiger partial charge in [-0.25, -0.2) is 4.98 Å². The number of nitrogens with zero attached hydrogens (tertiary/aromatic N) is 3. The van der Waals surface area contributed by atoms with E-state index >= 15 is 0 Å². The van der Waals surface area contributed by atoms with E-state index in [1.807, 2.05) is 20.0 Å². The third-order valence-electron chi connectivity index (χ3n) is 5.52. The van der Waals surface area contributed by atoms with Gasteiger partial charge in [0.15, 0.2) is 5.88 Å². The van der Waals surface area contributed by atoms with Gasteiger partial charge >= 0.3 is 0 Å². The first-order chi connectivity index (χ1) is 17.4. The third kappa shape index (κ3) is 6.51. The molecule has 0 atom stereocenters. The van der Waals surface area contributed by atoms with Gasteiger partial charge in [-0.3, -0.25) is 14.6 Å². The maximum atomic E-state index is 13.2. The monoisotopic (exact) mass is 510 g/mol. The number of rotatable bonds is 9. The number of hydrogen-bond donors (Lipinski definition) is 3. The van der Waals surface area contributed by atoms with Gasteiger partial charge in [0.25, 0.3) is 11.8 Å². The molecule has 9 nitrogen and oxygen atoms in total. The number of anilines is 1. The number of nitrogens with two attached hydrogens (primary N) is 1. The highest BCUT2D eigenvalue weighted by Crippen LogP contribution is 2.32. The molecule has 1 aliphatic rings. The minimum absolute atomic E-state index is 0.230. The van der Waals surface area contributed by atoms with E-state index in [9.17, 15) is 9.59 Å². The fourth-order valence-corrected chi connectivity index (χ4v) is 4.50. The van der Waals surface area contributed by atoms with Gasteiger partial charge in [0.05, 0.1) is 39.6 Å². The highest BCUT2D eigenvalue weighted by Gasteiger charge is 2.22. The van der Waals surface area contributed by atoms with Gasteiger partial charge < -0.3 is 26.0 Å². The molecule has 0 aromatic carbocycles. The van der Waals surface area contributed by atoms with Gasteiger partial charge in [-0.2, -0.15) is 0 Å². The van der Waals surface area contributed by atoms with Crippen molar-refractivity contribution in [2.24, 2.45) is 5.73 Å². The smallest absolute Gasteiger partial charge is 0.260 e. The number of ether oxygens (including phenoxy) is 1. The SMILES string of the molecule is CC/C=C/C(=C1/OCCCN1C)c1cnc(/C(=C\N)C(=O)Nc2cc(C(=O)NCCC)cnc2C)s1. The second kappa shape index (κ2) is 12.9. The molecule has 0 spiro atoms. The largest absolute Gasteiger partial charge is 0.479 e. The number of hydrogen-bond acceptors (Lipinski definition) is 8. The summed E-state index contributed by atoms with van der Waals surface area (Å²) in [4.78, 5) is 37.2. The van der Waals surface area contributed by atoms with E-state index in [4.69, 9.17) is 10.5 Å². The molecular weight excluding hydrogens is 476 g/mol. The van der Waals surface area contributed by atoms with Gasteiger partial charge in [-0.05, 0) is 32.3 Å². The van der Waals surface area contributed by atoms with Crippen LogP contribution in [-0.2, 0) is 9.53 Å². The van der Waals surface area contributed by atoms with E-state index in [2.05, 4.69) is 38.5 Å². The van der Waals surface area contributed by atoms with Gasteiger partial charge in [0.1, 0.15) is 5.01 Å². The first kappa shape index (κ1) is 26.9. The molecule has 3 rings (SSSR count).